The summed E-state index contributed by atoms with van der Waals surface area (Å²) < 4.78 is 3.46. The number of hydrogen-bond acceptors (Lipinski definition) is 2. The number of imidazole rings is 1. The van der Waals surface area contributed by atoms with Gasteiger partial charge in [-0.05, 0) is 24.5 Å². The predicted octanol–water partition coefficient (Wildman–Crippen LogP) is 3.76. The Hall–Kier alpha value is -2.36. The van der Waals surface area contributed by atoms with E-state index >= 15 is 0 Å². The Morgan fingerprint density at radius 1 is 1.04 bits per heavy atom. The number of aryl methyl sites for hydroxylation is 2. The highest BCUT2D eigenvalue weighted by molar-refractivity contribution is 5.76. The minimum Gasteiger partial charge on any atom is -0.290 e. The van der Waals surface area contributed by atoms with Crippen LogP contribution in [0.25, 0.3) is 22.4 Å². The van der Waals surface area contributed by atoms with Crippen LogP contribution in [0.5, 0.6) is 0 Å². The van der Waals surface area contributed by atoms with Gasteiger partial charge >= 0.3 is 5.69 Å². The number of rotatable bonds is 2. The monoisotopic (exact) mass is 309 g/mol. The molecule has 0 saturated heterocycles. The van der Waals surface area contributed by atoms with Gasteiger partial charge in [0.1, 0.15) is 0 Å². The van der Waals surface area contributed by atoms with E-state index in [9.17, 15) is 4.79 Å². The minimum absolute atomic E-state index is 0.0107. The zero-order valence-electron chi connectivity index (χ0n) is 14.4. The smallest absolute Gasteiger partial charge is 0.290 e. The maximum Gasteiger partial charge on any atom is 0.330 e. The van der Waals surface area contributed by atoms with Gasteiger partial charge in [0, 0.05) is 19.2 Å². The molecule has 4 heteroatoms. The van der Waals surface area contributed by atoms with E-state index in [0.29, 0.717) is 6.54 Å². The molecule has 0 radical (unpaired) electrons. The lowest BCUT2D eigenvalue weighted by Crippen LogP contribution is -2.27. The Balaban J connectivity index is 2.16. The van der Waals surface area contributed by atoms with E-state index in [1.807, 2.05) is 16.7 Å². The Morgan fingerprint density at radius 3 is 2.30 bits per heavy atom. The quantitative estimate of drug-likeness (QED) is 0.723. The van der Waals surface area contributed by atoms with Gasteiger partial charge in [0.15, 0.2) is 5.65 Å². The molecule has 2 aromatic heterocycles. The first kappa shape index (κ1) is 15.5. The van der Waals surface area contributed by atoms with Crippen molar-refractivity contribution >= 4 is 11.2 Å². The molecule has 0 saturated carbocycles. The van der Waals surface area contributed by atoms with Crippen molar-refractivity contribution < 1.29 is 0 Å². The van der Waals surface area contributed by atoms with Crippen molar-refractivity contribution in [1.29, 1.82) is 0 Å². The van der Waals surface area contributed by atoms with Crippen LogP contribution in [-0.4, -0.2) is 14.1 Å². The number of fused-ring (bicyclic) bond motifs is 1. The van der Waals surface area contributed by atoms with Crippen LogP contribution in [0.15, 0.2) is 41.2 Å². The summed E-state index contributed by atoms with van der Waals surface area (Å²) in [5, 5.41) is 0. The fraction of sp³-hybridized carbons (Fsp3) is 0.368. The molecule has 0 amide bonds. The number of nitrogens with zero attached hydrogens (tertiary/aromatic N) is 3. The average molecular weight is 309 g/mol. The Labute approximate surface area is 136 Å². The molecular formula is C19H23N3O. The van der Waals surface area contributed by atoms with Crippen LogP contribution in [-0.2, 0) is 13.6 Å². The minimum atomic E-state index is -0.0107. The first-order valence-electron chi connectivity index (χ1n) is 7.89. The molecule has 0 aliphatic carbocycles. The zero-order valence-corrected chi connectivity index (χ0v) is 14.4. The predicted molar refractivity (Wildman–Crippen MR) is 94.6 cm³/mol. The van der Waals surface area contributed by atoms with Crippen molar-refractivity contribution in [1.82, 2.24) is 14.1 Å². The summed E-state index contributed by atoms with van der Waals surface area (Å²) in [4.78, 5) is 17.3. The van der Waals surface area contributed by atoms with E-state index in [2.05, 4.69) is 52.0 Å². The van der Waals surface area contributed by atoms with Gasteiger partial charge in [0.05, 0.1) is 11.2 Å². The summed E-state index contributed by atoms with van der Waals surface area (Å²) in [7, 11) is 1.79. The number of hydrogen-bond donors (Lipinski definition) is 0. The fourth-order valence-corrected chi connectivity index (χ4v) is 2.79. The molecule has 4 nitrogen and oxygen atoms in total. The summed E-state index contributed by atoms with van der Waals surface area (Å²) in [6, 6.07) is 12.3. The van der Waals surface area contributed by atoms with E-state index in [0.717, 1.165) is 22.4 Å². The van der Waals surface area contributed by atoms with Crippen molar-refractivity contribution in [3.63, 3.8) is 0 Å². The van der Waals surface area contributed by atoms with Crippen LogP contribution in [0.4, 0.5) is 0 Å². The maximum absolute atomic E-state index is 12.5. The normalized spacial score (nSPS) is 12.0. The first-order valence-corrected chi connectivity index (χ1v) is 7.89. The van der Waals surface area contributed by atoms with Crippen molar-refractivity contribution in [3.05, 3.63) is 52.4 Å². The lowest BCUT2D eigenvalue weighted by atomic mass is 9.97. The van der Waals surface area contributed by atoms with Gasteiger partial charge in [0.25, 0.3) is 0 Å². The molecule has 0 unspecified atom stereocenters. The van der Waals surface area contributed by atoms with E-state index < -0.39 is 0 Å². The number of pyridine rings is 1. The number of benzene rings is 1. The molecule has 0 bridgehead atoms. The average Bonchev–Trinajstić information content (AvgIpc) is 2.71. The lowest BCUT2D eigenvalue weighted by Gasteiger charge is -2.18. The Kier molecular flexibility index (Phi) is 3.63. The molecule has 0 atom stereocenters. The Bertz CT molecular complexity index is 909. The summed E-state index contributed by atoms with van der Waals surface area (Å²) in [6.45, 7) is 9.14. The van der Waals surface area contributed by atoms with Crippen LogP contribution < -0.4 is 5.69 Å². The molecular weight excluding hydrogens is 286 g/mol. The van der Waals surface area contributed by atoms with Gasteiger partial charge in [-0.15, -0.1) is 0 Å². The molecule has 1 aromatic carbocycles. The van der Waals surface area contributed by atoms with Crippen LogP contribution in [0.2, 0.25) is 0 Å². The number of aromatic nitrogens is 3. The Morgan fingerprint density at radius 2 is 1.70 bits per heavy atom. The van der Waals surface area contributed by atoms with Gasteiger partial charge in [0.2, 0.25) is 0 Å². The molecule has 0 aliphatic heterocycles. The summed E-state index contributed by atoms with van der Waals surface area (Å²) in [5.74, 6) is 0. The van der Waals surface area contributed by atoms with Gasteiger partial charge < -0.3 is 0 Å². The van der Waals surface area contributed by atoms with E-state index in [1.54, 1.807) is 11.6 Å². The van der Waals surface area contributed by atoms with E-state index in [-0.39, 0.29) is 11.1 Å². The highest BCUT2D eigenvalue weighted by Crippen LogP contribution is 2.23. The third-order valence-corrected chi connectivity index (χ3v) is 3.96. The van der Waals surface area contributed by atoms with Gasteiger partial charge in [-0.3, -0.25) is 9.13 Å². The van der Waals surface area contributed by atoms with Crippen molar-refractivity contribution in [3.8, 4) is 11.3 Å². The van der Waals surface area contributed by atoms with Crippen molar-refractivity contribution in [2.45, 2.75) is 34.2 Å². The fourth-order valence-electron chi connectivity index (χ4n) is 2.79. The maximum atomic E-state index is 12.5. The molecule has 120 valence electrons. The third-order valence-electron chi connectivity index (χ3n) is 3.96. The standard InChI is InChI=1S/C19H23N3O/c1-13-6-8-14(9-7-13)15-10-11-16-17(20-15)21(5)18(23)22(16)12-19(2,3)4/h6-11H,12H2,1-5H3. The van der Waals surface area contributed by atoms with E-state index in [1.165, 1.54) is 5.56 Å². The van der Waals surface area contributed by atoms with Crippen molar-refractivity contribution in [2.24, 2.45) is 12.5 Å². The van der Waals surface area contributed by atoms with E-state index in [4.69, 9.17) is 4.98 Å². The molecule has 0 N–H and O–H groups in total. The topological polar surface area (TPSA) is 39.8 Å². The molecule has 3 aromatic rings. The molecule has 0 aliphatic rings. The van der Waals surface area contributed by atoms with Crippen LogP contribution in [0, 0.1) is 12.3 Å². The SMILES string of the molecule is Cc1ccc(-c2ccc3c(n2)n(C)c(=O)n3CC(C)(C)C)cc1. The van der Waals surface area contributed by atoms with Gasteiger partial charge in [-0.2, -0.15) is 0 Å². The van der Waals surface area contributed by atoms with Gasteiger partial charge in [-0.1, -0.05) is 50.6 Å². The molecule has 3 rings (SSSR count). The molecule has 0 fully saturated rings. The van der Waals surface area contributed by atoms with Crippen LogP contribution in [0.1, 0.15) is 26.3 Å². The second-order valence-corrected chi connectivity index (χ2v) is 7.39. The second-order valence-electron chi connectivity index (χ2n) is 7.39. The van der Waals surface area contributed by atoms with Crippen LogP contribution >= 0.6 is 0 Å². The lowest BCUT2D eigenvalue weighted by molar-refractivity contribution is 0.342. The summed E-state index contributed by atoms with van der Waals surface area (Å²) in [6.07, 6.45) is 0. The largest absolute Gasteiger partial charge is 0.330 e. The summed E-state index contributed by atoms with van der Waals surface area (Å²) in [5.41, 5.74) is 4.82. The molecule has 23 heavy (non-hydrogen) atoms. The third kappa shape index (κ3) is 2.93. The van der Waals surface area contributed by atoms with Crippen molar-refractivity contribution in [2.75, 3.05) is 0 Å². The first-order chi connectivity index (χ1) is 10.8. The molecule has 0 spiro atoms. The highest BCUT2D eigenvalue weighted by Gasteiger charge is 2.18. The van der Waals surface area contributed by atoms with Crippen LogP contribution in [0.3, 0.4) is 0 Å². The van der Waals surface area contributed by atoms with Gasteiger partial charge in [-0.25, -0.2) is 9.78 Å². The zero-order chi connectivity index (χ0) is 16.8. The second kappa shape index (κ2) is 5.37. The molecule has 2 heterocycles. The summed E-state index contributed by atoms with van der Waals surface area (Å²) >= 11 is 0. The highest BCUT2D eigenvalue weighted by atomic mass is 16.1.